The van der Waals surface area contributed by atoms with Gasteiger partial charge in [-0.1, -0.05) is 0 Å². The molecule has 106 valence electrons. The molecule has 1 rings (SSSR count). The van der Waals surface area contributed by atoms with Crippen LogP contribution in [0.4, 0.5) is 13.2 Å². The van der Waals surface area contributed by atoms with Crippen molar-refractivity contribution in [1.29, 1.82) is 0 Å². The number of rotatable bonds is 6. The number of likely N-dealkylation sites (N-methyl/N-ethyl adjacent to an activating group) is 1. The van der Waals surface area contributed by atoms with Crippen molar-refractivity contribution in [3.63, 3.8) is 0 Å². The minimum Gasteiger partial charge on any atom is -0.376 e. The molecule has 1 amide bonds. The summed E-state index contributed by atoms with van der Waals surface area (Å²) in [5.41, 5.74) is 0. The fourth-order valence-electron chi connectivity index (χ4n) is 1.86. The van der Waals surface area contributed by atoms with E-state index in [9.17, 15) is 18.0 Å². The number of carbonyl (C=O) groups excluding carboxylic acids is 1. The second-order valence-corrected chi connectivity index (χ2v) is 4.29. The number of amides is 1. The van der Waals surface area contributed by atoms with E-state index in [1.165, 1.54) is 4.90 Å². The van der Waals surface area contributed by atoms with E-state index < -0.39 is 12.7 Å². The quantitative estimate of drug-likeness (QED) is 0.786. The van der Waals surface area contributed by atoms with Gasteiger partial charge in [0.05, 0.1) is 19.2 Å². The van der Waals surface area contributed by atoms with Gasteiger partial charge in [0.2, 0.25) is 5.91 Å². The SMILES string of the molecule is CCN(CC1CCCO1)C(=O)CNCC(F)(F)F. The maximum absolute atomic E-state index is 11.9. The fourth-order valence-corrected chi connectivity index (χ4v) is 1.86. The van der Waals surface area contributed by atoms with Crippen LogP contribution in [0.5, 0.6) is 0 Å². The Bertz CT molecular complexity index is 266. The highest BCUT2D eigenvalue weighted by Gasteiger charge is 2.27. The van der Waals surface area contributed by atoms with Crippen LogP contribution in [0.3, 0.4) is 0 Å². The van der Waals surface area contributed by atoms with Crippen molar-refractivity contribution in [1.82, 2.24) is 10.2 Å². The van der Waals surface area contributed by atoms with Gasteiger partial charge in [0, 0.05) is 19.7 Å². The summed E-state index contributed by atoms with van der Waals surface area (Å²) in [6.45, 7) is 2.01. The molecular formula is C11H19F3N2O2. The lowest BCUT2D eigenvalue weighted by atomic mass is 10.2. The van der Waals surface area contributed by atoms with Crippen LogP contribution in [-0.4, -0.2) is 55.9 Å². The van der Waals surface area contributed by atoms with E-state index in [0.717, 1.165) is 12.8 Å². The molecule has 18 heavy (non-hydrogen) atoms. The molecular weight excluding hydrogens is 249 g/mol. The smallest absolute Gasteiger partial charge is 0.376 e. The molecule has 1 atom stereocenters. The highest BCUT2D eigenvalue weighted by molar-refractivity contribution is 5.78. The van der Waals surface area contributed by atoms with Gasteiger partial charge in [-0.15, -0.1) is 0 Å². The third-order valence-electron chi connectivity index (χ3n) is 2.78. The zero-order valence-corrected chi connectivity index (χ0v) is 10.4. The molecule has 1 aliphatic heterocycles. The van der Waals surface area contributed by atoms with Crippen LogP contribution in [0.15, 0.2) is 0 Å². The maximum atomic E-state index is 11.9. The molecule has 0 aliphatic carbocycles. The van der Waals surface area contributed by atoms with E-state index in [1.807, 2.05) is 0 Å². The third kappa shape index (κ3) is 5.68. The third-order valence-corrected chi connectivity index (χ3v) is 2.78. The number of hydrogen-bond acceptors (Lipinski definition) is 3. The molecule has 0 saturated carbocycles. The number of halogens is 3. The normalized spacial score (nSPS) is 20.1. The van der Waals surface area contributed by atoms with Crippen LogP contribution in [0, 0.1) is 0 Å². The van der Waals surface area contributed by atoms with Crippen molar-refractivity contribution in [2.45, 2.75) is 32.0 Å². The van der Waals surface area contributed by atoms with Gasteiger partial charge >= 0.3 is 6.18 Å². The number of nitrogens with one attached hydrogen (secondary N) is 1. The number of nitrogens with zero attached hydrogens (tertiary/aromatic N) is 1. The van der Waals surface area contributed by atoms with E-state index in [-0.39, 0.29) is 18.6 Å². The molecule has 1 heterocycles. The molecule has 1 aliphatic rings. The van der Waals surface area contributed by atoms with Crippen molar-refractivity contribution in [3.8, 4) is 0 Å². The van der Waals surface area contributed by atoms with Gasteiger partial charge in [-0.05, 0) is 19.8 Å². The summed E-state index contributed by atoms with van der Waals surface area (Å²) in [4.78, 5) is 13.2. The summed E-state index contributed by atoms with van der Waals surface area (Å²) in [6, 6.07) is 0. The Hall–Kier alpha value is -0.820. The molecule has 1 unspecified atom stereocenters. The molecule has 0 radical (unpaired) electrons. The van der Waals surface area contributed by atoms with Gasteiger partial charge in [0.1, 0.15) is 0 Å². The number of carbonyl (C=O) groups is 1. The van der Waals surface area contributed by atoms with Gasteiger partial charge in [-0.3, -0.25) is 4.79 Å². The summed E-state index contributed by atoms with van der Waals surface area (Å²) in [7, 11) is 0. The fraction of sp³-hybridized carbons (Fsp3) is 0.909. The lowest BCUT2D eigenvalue weighted by Crippen LogP contribution is -2.43. The molecule has 1 saturated heterocycles. The first-order chi connectivity index (χ1) is 8.42. The molecule has 4 nitrogen and oxygen atoms in total. The Morgan fingerprint density at radius 1 is 1.50 bits per heavy atom. The standard InChI is InChI=1S/C11H19F3N2O2/c1-2-16(7-9-4-3-5-18-9)10(17)6-15-8-11(12,13)14/h9,15H,2-8H2,1H3. The molecule has 0 bridgehead atoms. The van der Waals surface area contributed by atoms with Crippen LogP contribution in [-0.2, 0) is 9.53 Å². The van der Waals surface area contributed by atoms with Crippen LogP contribution in [0.2, 0.25) is 0 Å². The molecule has 0 spiro atoms. The summed E-state index contributed by atoms with van der Waals surface area (Å²) >= 11 is 0. The highest BCUT2D eigenvalue weighted by Crippen LogP contribution is 2.14. The van der Waals surface area contributed by atoms with Crippen LogP contribution >= 0.6 is 0 Å². The summed E-state index contributed by atoms with van der Waals surface area (Å²) in [5.74, 6) is -0.322. The predicted molar refractivity (Wildman–Crippen MR) is 60.2 cm³/mol. The van der Waals surface area contributed by atoms with Crippen LogP contribution in [0.1, 0.15) is 19.8 Å². The predicted octanol–water partition coefficient (Wildman–Crippen LogP) is 1.17. The van der Waals surface area contributed by atoms with E-state index in [2.05, 4.69) is 5.32 Å². The monoisotopic (exact) mass is 268 g/mol. The summed E-state index contributed by atoms with van der Waals surface area (Å²) in [6.07, 6.45) is -2.38. The Labute approximate surface area is 104 Å². The Morgan fingerprint density at radius 2 is 2.22 bits per heavy atom. The van der Waals surface area contributed by atoms with E-state index in [1.54, 1.807) is 6.92 Å². The second-order valence-electron chi connectivity index (χ2n) is 4.29. The minimum absolute atomic E-state index is 0.0246. The van der Waals surface area contributed by atoms with Crippen molar-refractivity contribution >= 4 is 5.91 Å². The van der Waals surface area contributed by atoms with Crippen molar-refractivity contribution in [2.75, 3.05) is 32.8 Å². The average molecular weight is 268 g/mol. The average Bonchev–Trinajstić information content (AvgIpc) is 2.76. The summed E-state index contributed by atoms with van der Waals surface area (Å²) < 4.78 is 41.1. The van der Waals surface area contributed by atoms with E-state index >= 15 is 0 Å². The van der Waals surface area contributed by atoms with Crippen molar-refractivity contribution < 1.29 is 22.7 Å². The molecule has 0 aromatic rings. The lowest BCUT2D eigenvalue weighted by Gasteiger charge is -2.24. The van der Waals surface area contributed by atoms with Crippen molar-refractivity contribution in [3.05, 3.63) is 0 Å². The molecule has 0 aromatic carbocycles. The largest absolute Gasteiger partial charge is 0.401 e. The zero-order valence-electron chi connectivity index (χ0n) is 10.4. The van der Waals surface area contributed by atoms with Crippen LogP contribution in [0.25, 0.3) is 0 Å². The van der Waals surface area contributed by atoms with E-state index in [0.29, 0.717) is 19.7 Å². The first kappa shape index (κ1) is 15.2. The minimum atomic E-state index is -4.29. The first-order valence-corrected chi connectivity index (χ1v) is 6.09. The van der Waals surface area contributed by atoms with Crippen molar-refractivity contribution in [2.24, 2.45) is 0 Å². The van der Waals surface area contributed by atoms with Crippen LogP contribution < -0.4 is 5.32 Å². The Balaban J connectivity index is 2.28. The van der Waals surface area contributed by atoms with E-state index in [4.69, 9.17) is 4.74 Å². The first-order valence-electron chi connectivity index (χ1n) is 6.09. The number of hydrogen-bond donors (Lipinski definition) is 1. The number of ether oxygens (including phenoxy) is 1. The maximum Gasteiger partial charge on any atom is 0.401 e. The van der Waals surface area contributed by atoms with Gasteiger partial charge < -0.3 is 15.0 Å². The Kier molecular flexibility index (Phi) is 5.87. The Morgan fingerprint density at radius 3 is 2.72 bits per heavy atom. The summed E-state index contributed by atoms with van der Waals surface area (Å²) in [5, 5.41) is 2.11. The zero-order chi connectivity index (χ0) is 13.6. The lowest BCUT2D eigenvalue weighted by molar-refractivity contribution is -0.135. The highest BCUT2D eigenvalue weighted by atomic mass is 19.4. The second kappa shape index (κ2) is 6.94. The number of alkyl halides is 3. The molecule has 0 aromatic heterocycles. The van der Waals surface area contributed by atoms with Gasteiger partial charge in [0.25, 0.3) is 0 Å². The van der Waals surface area contributed by atoms with Gasteiger partial charge in [0.15, 0.2) is 0 Å². The van der Waals surface area contributed by atoms with Gasteiger partial charge in [-0.2, -0.15) is 13.2 Å². The molecule has 1 fully saturated rings. The molecule has 1 N–H and O–H groups in total. The molecule has 7 heteroatoms. The van der Waals surface area contributed by atoms with Gasteiger partial charge in [-0.25, -0.2) is 0 Å². The topological polar surface area (TPSA) is 41.6 Å².